The predicted octanol–water partition coefficient (Wildman–Crippen LogP) is 3.23. The fourth-order valence-corrected chi connectivity index (χ4v) is 1.65. The van der Waals surface area contributed by atoms with Crippen molar-refractivity contribution in [2.45, 2.75) is 6.54 Å². The maximum atomic E-state index is 13.4. The molecule has 6 heteroatoms. The van der Waals surface area contributed by atoms with Crippen LogP contribution in [0.5, 0.6) is 0 Å². The monoisotopic (exact) mass is 300 g/mol. The molecule has 0 saturated carbocycles. The number of hydrogen-bond donors (Lipinski definition) is 1. The number of halogens is 3. The topological polar surface area (TPSA) is 42.0 Å². The largest absolute Gasteiger partial charge is 0.348 e. The maximum Gasteiger partial charge on any atom is 0.253 e. The number of aromatic nitrogens is 1. The molecule has 3 nitrogen and oxygen atoms in total. The number of pyridine rings is 1. The number of carbonyl (C=O) groups is 1. The van der Waals surface area contributed by atoms with Crippen LogP contribution in [0, 0.1) is 5.82 Å². The van der Waals surface area contributed by atoms with Gasteiger partial charge in [0, 0.05) is 29.5 Å². The molecule has 19 heavy (non-hydrogen) atoms. The summed E-state index contributed by atoms with van der Waals surface area (Å²) in [7, 11) is 0. The van der Waals surface area contributed by atoms with E-state index >= 15 is 0 Å². The Morgan fingerprint density at radius 3 is 2.84 bits per heavy atom. The van der Waals surface area contributed by atoms with Crippen LogP contribution < -0.4 is 5.32 Å². The van der Waals surface area contributed by atoms with Crippen LogP contribution in [0.2, 0.25) is 5.02 Å². The van der Waals surface area contributed by atoms with E-state index in [9.17, 15) is 9.18 Å². The van der Waals surface area contributed by atoms with Gasteiger partial charge in [-0.3, -0.25) is 9.78 Å². The first-order valence-corrected chi connectivity index (χ1v) is 5.67. The van der Waals surface area contributed by atoms with Crippen LogP contribution in [-0.2, 0) is 6.54 Å². The van der Waals surface area contributed by atoms with E-state index in [4.69, 9.17) is 11.6 Å². The van der Waals surface area contributed by atoms with E-state index in [0.717, 1.165) is 0 Å². The molecule has 0 spiro atoms. The van der Waals surface area contributed by atoms with Crippen LogP contribution in [0.15, 0.2) is 42.7 Å². The van der Waals surface area contributed by atoms with Crippen LogP contribution in [0.3, 0.4) is 0 Å². The van der Waals surface area contributed by atoms with Crippen LogP contribution >= 0.6 is 24.0 Å². The van der Waals surface area contributed by atoms with Crippen molar-refractivity contribution in [3.05, 3.63) is 64.7 Å². The Labute approximate surface area is 121 Å². The average molecular weight is 301 g/mol. The third-order valence-electron chi connectivity index (χ3n) is 2.37. The van der Waals surface area contributed by atoms with Crippen molar-refractivity contribution in [3.8, 4) is 0 Å². The predicted molar refractivity (Wildman–Crippen MR) is 74.1 cm³/mol. The van der Waals surface area contributed by atoms with Gasteiger partial charge >= 0.3 is 0 Å². The van der Waals surface area contributed by atoms with Crippen molar-refractivity contribution in [2.75, 3.05) is 0 Å². The fourth-order valence-electron chi connectivity index (χ4n) is 1.45. The fraction of sp³-hybridized carbons (Fsp3) is 0.0769. The van der Waals surface area contributed by atoms with Crippen molar-refractivity contribution in [1.29, 1.82) is 0 Å². The smallest absolute Gasteiger partial charge is 0.253 e. The number of amides is 1. The van der Waals surface area contributed by atoms with Crippen LogP contribution in [0.4, 0.5) is 4.39 Å². The SMILES string of the molecule is Cl.O=C(NCc1cc(Cl)ccc1F)c1cccnc1. The Hall–Kier alpha value is -1.65. The minimum Gasteiger partial charge on any atom is -0.348 e. The van der Waals surface area contributed by atoms with Gasteiger partial charge in [-0.2, -0.15) is 0 Å². The lowest BCUT2D eigenvalue weighted by molar-refractivity contribution is 0.0950. The van der Waals surface area contributed by atoms with Gasteiger partial charge in [0.1, 0.15) is 5.82 Å². The summed E-state index contributed by atoms with van der Waals surface area (Å²) in [6.45, 7) is 0.0835. The van der Waals surface area contributed by atoms with E-state index in [1.807, 2.05) is 0 Å². The van der Waals surface area contributed by atoms with Crippen molar-refractivity contribution in [3.63, 3.8) is 0 Å². The highest BCUT2D eigenvalue weighted by atomic mass is 35.5. The zero-order chi connectivity index (χ0) is 13.0. The van der Waals surface area contributed by atoms with E-state index in [1.165, 1.54) is 24.4 Å². The highest BCUT2D eigenvalue weighted by molar-refractivity contribution is 6.30. The molecule has 0 aliphatic rings. The molecule has 0 fully saturated rings. The molecule has 0 radical (unpaired) electrons. The van der Waals surface area contributed by atoms with Gasteiger partial charge in [0.05, 0.1) is 5.56 Å². The van der Waals surface area contributed by atoms with Crippen molar-refractivity contribution < 1.29 is 9.18 Å². The second-order valence-electron chi connectivity index (χ2n) is 3.66. The summed E-state index contributed by atoms with van der Waals surface area (Å²) >= 11 is 5.76. The summed E-state index contributed by atoms with van der Waals surface area (Å²) in [6.07, 6.45) is 3.02. The third kappa shape index (κ3) is 4.19. The second-order valence-corrected chi connectivity index (χ2v) is 4.10. The second kappa shape index (κ2) is 7.07. The van der Waals surface area contributed by atoms with E-state index < -0.39 is 5.82 Å². The Morgan fingerprint density at radius 2 is 2.16 bits per heavy atom. The first kappa shape index (κ1) is 15.4. The number of benzene rings is 1. The molecule has 0 aliphatic heterocycles. The van der Waals surface area contributed by atoms with Gasteiger partial charge in [-0.1, -0.05) is 11.6 Å². The molecule has 1 heterocycles. The lowest BCUT2D eigenvalue weighted by Crippen LogP contribution is -2.23. The standard InChI is InChI=1S/C13H10ClFN2O.ClH/c14-11-3-4-12(15)10(6-11)8-17-13(18)9-2-1-5-16-7-9;/h1-7H,8H2,(H,17,18);1H. The van der Waals surface area contributed by atoms with E-state index in [-0.39, 0.29) is 24.9 Å². The lowest BCUT2D eigenvalue weighted by Gasteiger charge is -2.06. The van der Waals surface area contributed by atoms with Gasteiger partial charge in [-0.15, -0.1) is 12.4 Å². The van der Waals surface area contributed by atoms with E-state index in [1.54, 1.807) is 18.3 Å². The normalized spacial score (nSPS) is 9.58. The molecule has 0 unspecified atom stereocenters. The van der Waals surface area contributed by atoms with Gasteiger partial charge < -0.3 is 5.32 Å². The Morgan fingerprint density at radius 1 is 1.37 bits per heavy atom. The number of nitrogens with zero attached hydrogens (tertiary/aromatic N) is 1. The molecule has 1 aromatic heterocycles. The minimum atomic E-state index is -0.397. The summed E-state index contributed by atoms with van der Waals surface area (Å²) in [4.78, 5) is 15.5. The molecule has 1 aromatic carbocycles. The molecular weight excluding hydrogens is 290 g/mol. The van der Waals surface area contributed by atoms with Crippen molar-refractivity contribution in [1.82, 2.24) is 10.3 Å². The first-order chi connectivity index (χ1) is 8.66. The molecule has 2 rings (SSSR count). The zero-order valence-electron chi connectivity index (χ0n) is 9.77. The first-order valence-electron chi connectivity index (χ1n) is 5.29. The average Bonchev–Trinajstić information content (AvgIpc) is 2.40. The van der Waals surface area contributed by atoms with E-state index in [2.05, 4.69) is 10.3 Å². The third-order valence-corrected chi connectivity index (χ3v) is 2.61. The van der Waals surface area contributed by atoms with Gasteiger partial charge in [-0.05, 0) is 30.3 Å². The number of hydrogen-bond acceptors (Lipinski definition) is 2. The molecule has 0 saturated heterocycles. The van der Waals surface area contributed by atoms with Crippen molar-refractivity contribution >= 4 is 29.9 Å². The Bertz CT molecular complexity index is 564. The summed E-state index contributed by atoms with van der Waals surface area (Å²) in [5.41, 5.74) is 0.777. The lowest BCUT2D eigenvalue weighted by atomic mass is 10.2. The Kier molecular flexibility index (Phi) is 5.73. The van der Waals surface area contributed by atoms with Crippen LogP contribution in [-0.4, -0.2) is 10.9 Å². The summed E-state index contributed by atoms with van der Waals surface area (Å²) in [6, 6.07) is 7.52. The number of nitrogens with one attached hydrogen (secondary N) is 1. The molecule has 0 bridgehead atoms. The number of rotatable bonds is 3. The Balaban J connectivity index is 0.00000180. The summed E-state index contributed by atoms with van der Waals surface area (Å²) < 4.78 is 13.4. The van der Waals surface area contributed by atoms with Gasteiger partial charge in [0.15, 0.2) is 0 Å². The molecule has 1 amide bonds. The minimum absolute atomic E-state index is 0. The molecule has 100 valence electrons. The zero-order valence-corrected chi connectivity index (χ0v) is 11.3. The molecule has 1 N–H and O–H groups in total. The van der Waals surface area contributed by atoms with Crippen molar-refractivity contribution in [2.24, 2.45) is 0 Å². The van der Waals surface area contributed by atoms with Crippen LogP contribution in [0.1, 0.15) is 15.9 Å². The van der Waals surface area contributed by atoms with Gasteiger partial charge in [-0.25, -0.2) is 4.39 Å². The highest BCUT2D eigenvalue weighted by Crippen LogP contribution is 2.14. The molecule has 2 aromatic rings. The molecular formula is C13H11Cl2FN2O. The molecule has 0 atom stereocenters. The van der Waals surface area contributed by atoms with E-state index in [0.29, 0.717) is 16.1 Å². The highest BCUT2D eigenvalue weighted by Gasteiger charge is 2.07. The number of carbonyl (C=O) groups excluding carboxylic acids is 1. The van der Waals surface area contributed by atoms with Crippen LogP contribution in [0.25, 0.3) is 0 Å². The maximum absolute atomic E-state index is 13.4. The molecule has 0 aliphatic carbocycles. The van der Waals surface area contributed by atoms with Gasteiger partial charge in [0.25, 0.3) is 5.91 Å². The summed E-state index contributed by atoms with van der Waals surface area (Å²) in [5.74, 6) is -0.701. The van der Waals surface area contributed by atoms with Gasteiger partial charge in [0.2, 0.25) is 0 Å². The quantitative estimate of drug-likeness (QED) is 0.945. The summed E-state index contributed by atoms with van der Waals surface area (Å²) in [5, 5.41) is 3.04.